The molecule has 0 saturated carbocycles. The van der Waals surface area contributed by atoms with Crippen LogP contribution < -0.4 is 0 Å². The minimum absolute atomic E-state index is 0.358. The Morgan fingerprint density at radius 3 is 2.67 bits per heavy atom. The molecule has 0 radical (unpaired) electrons. The fourth-order valence-electron chi connectivity index (χ4n) is 1.58. The molecule has 1 aromatic carbocycles. The quantitative estimate of drug-likeness (QED) is 0.543. The van der Waals surface area contributed by atoms with Gasteiger partial charge in [-0.3, -0.25) is 10.1 Å². The fraction of sp³-hybridized carbons (Fsp3) is 0.300. The Morgan fingerprint density at radius 1 is 1.40 bits per heavy atom. The van der Waals surface area contributed by atoms with Crippen LogP contribution in [0.4, 0.5) is 0 Å². The van der Waals surface area contributed by atoms with Gasteiger partial charge in [0.25, 0.3) is 6.04 Å². The Hall–Kier alpha value is -1.91. The Morgan fingerprint density at radius 2 is 2.07 bits per heavy atom. The van der Waals surface area contributed by atoms with E-state index in [1.807, 2.05) is 18.2 Å². The largest absolute Gasteiger partial charge is 0.384 e. The van der Waals surface area contributed by atoms with Crippen molar-refractivity contribution in [3.63, 3.8) is 0 Å². The van der Waals surface area contributed by atoms with Crippen molar-refractivity contribution in [1.29, 1.82) is 0 Å². The highest BCUT2D eigenvalue weighted by molar-refractivity contribution is 6.04. The molecule has 0 saturated heterocycles. The molecule has 15 heavy (non-hydrogen) atoms. The SMILES string of the molecule is C[C@H]1ON=C(c2ccccc2)[C@H]1[N+](=O)[O-]. The van der Waals surface area contributed by atoms with Crippen LogP contribution in [-0.4, -0.2) is 22.8 Å². The van der Waals surface area contributed by atoms with Crippen molar-refractivity contribution in [2.75, 3.05) is 0 Å². The second-order valence-corrected chi connectivity index (χ2v) is 3.38. The van der Waals surface area contributed by atoms with Crippen molar-refractivity contribution in [2.45, 2.75) is 19.1 Å². The Labute approximate surface area is 86.5 Å². The van der Waals surface area contributed by atoms with Crippen molar-refractivity contribution < 1.29 is 9.76 Å². The first kappa shape index (κ1) is 9.64. The molecule has 0 aliphatic carbocycles. The number of hydrogen-bond acceptors (Lipinski definition) is 4. The van der Waals surface area contributed by atoms with Crippen LogP contribution in [0.25, 0.3) is 0 Å². The van der Waals surface area contributed by atoms with Gasteiger partial charge < -0.3 is 4.84 Å². The predicted molar refractivity (Wildman–Crippen MR) is 54.3 cm³/mol. The van der Waals surface area contributed by atoms with E-state index >= 15 is 0 Å². The number of oxime groups is 1. The Kier molecular flexibility index (Phi) is 2.37. The second-order valence-electron chi connectivity index (χ2n) is 3.38. The maximum Gasteiger partial charge on any atom is 0.296 e. The van der Waals surface area contributed by atoms with E-state index in [1.165, 1.54) is 0 Å². The lowest BCUT2D eigenvalue weighted by Crippen LogP contribution is -2.35. The van der Waals surface area contributed by atoms with Gasteiger partial charge in [-0.1, -0.05) is 35.5 Å². The number of rotatable bonds is 2. The smallest absolute Gasteiger partial charge is 0.296 e. The maximum absolute atomic E-state index is 10.8. The monoisotopic (exact) mass is 206 g/mol. The Balaban J connectivity index is 2.34. The van der Waals surface area contributed by atoms with Gasteiger partial charge in [-0.2, -0.15) is 0 Å². The molecule has 0 N–H and O–H groups in total. The van der Waals surface area contributed by atoms with Crippen molar-refractivity contribution in [2.24, 2.45) is 5.16 Å². The van der Waals surface area contributed by atoms with Crippen LogP contribution in [0.1, 0.15) is 12.5 Å². The highest BCUT2D eigenvalue weighted by Gasteiger charge is 2.41. The molecule has 1 aliphatic rings. The van der Waals surface area contributed by atoms with Gasteiger partial charge in [0.2, 0.25) is 0 Å². The third-order valence-corrected chi connectivity index (χ3v) is 2.34. The molecular formula is C10H10N2O3. The van der Waals surface area contributed by atoms with Gasteiger partial charge in [-0.05, 0) is 6.92 Å². The van der Waals surface area contributed by atoms with E-state index in [4.69, 9.17) is 4.84 Å². The zero-order valence-electron chi connectivity index (χ0n) is 8.16. The van der Waals surface area contributed by atoms with Crippen molar-refractivity contribution in [3.05, 3.63) is 46.0 Å². The van der Waals surface area contributed by atoms with E-state index in [-0.39, 0.29) is 4.92 Å². The second kappa shape index (κ2) is 3.68. The molecule has 5 heteroatoms. The van der Waals surface area contributed by atoms with Crippen LogP contribution in [0, 0.1) is 10.1 Å². The lowest BCUT2D eigenvalue weighted by molar-refractivity contribution is -0.510. The standard InChI is InChI=1S/C10H10N2O3/c1-7-10(12(13)14)9(11-15-7)8-5-3-2-4-6-8/h2-7,10H,1H3/t7-,10+/m1/s1. The molecule has 2 atom stereocenters. The lowest BCUT2D eigenvalue weighted by Gasteiger charge is -2.06. The molecule has 0 unspecified atom stereocenters. The third-order valence-electron chi connectivity index (χ3n) is 2.34. The van der Waals surface area contributed by atoms with Crippen LogP contribution in [0.3, 0.4) is 0 Å². The average molecular weight is 206 g/mol. The van der Waals surface area contributed by atoms with Gasteiger partial charge in [0.15, 0.2) is 11.8 Å². The fourth-order valence-corrected chi connectivity index (χ4v) is 1.58. The van der Waals surface area contributed by atoms with E-state index in [1.54, 1.807) is 19.1 Å². The number of hydrogen-bond donors (Lipinski definition) is 0. The number of benzene rings is 1. The van der Waals surface area contributed by atoms with Gasteiger partial charge in [-0.25, -0.2) is 0 Å². The molecular weight excluding hydrogens is 196 g/mol. The third kappa shape index (κ3) is 1.68. The molecule has 78 valence electrons. The normalized spacial score (nSPS) is 24.5. The summed E-state index contributed by atoms with van der Waals surface area (Å²) in [5, 5.41) is 14.6. The lowest BCUT2D eigenvalue weighted by atomic mass is 10.0. The summed E-state index contributed by atoms with van der Waals surface area (Å²) in [7, 11) is 0. The van der Waals surface area contributed by atoms with Crippen LogP contribution in [0.2, 0.25) is 0 Å². The molecule has 0 spiro atoms. The highest BCUT2D eigenvalue weighted by Crippen LogP contribution is 2.19. The Bertz CT molecular complexity index is 402. The number of nitro groups is 1. The van der Waals surface area contributed by atoms with Crippen LogP contribution >= 0.6 is 0 Å². The molecule has 2 rings (SSSR count). The summed E-state index contributed by atoms with van der Waals surface area (Å²) >= 11 is 0. The highest BCUT2D eigenvalue weighted by atomic mass is 16.7. The minimum atomic E-state index is -0.868. The molecule has 1 aromatic rings. The van der Waals surface area contributed by atoms with E-state index < -0.39 is 12.1 Å². The van der Waals surface area contributed by atoms with Crippen LogP contribution in [0.15, 0.2) is 35.5 Å². The van der Waals surface area contributed by atoms with Gasteiger partial charge in [-0.15, -0.1) is 0 Å². The topological polar surface area (TPSA) is 64.7 Å². The van der Waals surface area contributed by atoms with Gasteiger partial charge in [0, 0.05) is 10.5 Å². The molecule has 1 heterocycles. The zero-order chi connectivity index (χ0) is 10.8. The molecule has 0 aromatic heterocycles. The van der Waals surface area contributed by atoms with Crippen molar-refractivity contribution in [3.8, 4) is 0 Å². The van der Waals surface area contributed by atoms with Crippen LogP contribution in [-0.2, 0) is 4.84 Å². The van der Waals surface area contributed by atoms with E-state index in [2.05, 4.69) is 5.16 Å². The van der Waals surface area contributed by atoms with E-state index in [0.29, 0.717) is 5.71 Å². The van der Waals surface area contributed by atoms with E-state index in [0.717, 1.165) is 5.56 Å². The summed E-state index contributed by atoms with van der Waals surface area (Å²) in [4.78, 5) is 15.4. The van der Waals surface area contributed by atoms with Gasteiger partial charge in [0.1, 0.15) is 0 Å². The summed E-state index contributed by atoms with van der Waals surface area (Å²) in [5.74, 6) is 0. The summed E-state index contributed by atoms with van der Waals surface area (Å²) in [6, 6.07) is 8.19. The maximum atomic E-state index is 10.8. The summed E-state index contributed by atoms with van der Waals surface area (Å²) < 4.78 is 0. The summed E-state index contributed by atoms with van der Waals surface area (Å²) in [6.07, 6.45) is -0.504. The molecule has 5 nitrogen and oxygen atoms in total. The van der Waals surface area contributed by atoms with Gasteiger partial charge >= 0.3 is 0 Å². The van der Waals surface area contributed by atoms with Gasteiger partial charge in [0.05, 0.1) is 0 Å². The first-order valence-electron chi connectivity index (χ1n) is 4.63. The first-order valence-corrected chi connectivity index (χ1v) is 4.63. The first-order chi connectivity index (χ1) is 7.20. The number of nitrogens with zero attached hydrogens (tertiary/aromatic N) is 2. The van der Waals surface area contributed by atoms with E-state index in [9.17, 15) is 10.1 Å². The van der Waals surface area contributed by atoms with Crippen molar-refractivity contribution >= 4 is 5.71 Å². The molecule has 0 amide bonds. The van der Waals surface area contributed by atoms with Crippen molar-refractivity contribution in [1.82, 2.24) is 0 Å². The average Bonchev–Trinajstić information content (AvgIpc) is 2.61. The summed E-state index contributed by atoms with van der Waals surface area (Å²) in [5.41, 5.74) is 1.14. The molecule has 0 bridgehead atoms. The summed E-state index contributed by atoms with van der Waals surface area (Å²) in [6.45, 7) is 1.65. The predicted octanol–water partition coefficient (Wildman–Crippen LogP) is 1.45. The molecule has 1 aliphatic heterocycles. The van der Waals surface area contributed by atoms with Crippen LogP contribution in [0.5, 0.6) is 0 Å². The molecule has 0 fully saturated rings. The zero-order valence-corrected chi connectivity index (χ0v) is 8.16. The minimum Gasteiger partial charge on any atom is -0.384 e.